The summed E-state index contributed by atoms with van der Waals surface area (Å²) in [5.41, 5.74) is 5.87. The van der Waals surface area contributed by atoms with Crippen LogP contribution in [0.4, 0.5) is 0 Å². The Morgan fingerprint density at radius 3 is 2.59 bits per heavy atom. The van der Waals surface area contributed by atoms with Crippen LogP contribution in [0.2, 0.25) is 0 Å². The monoisotopic (exact) mass is 256 g/mol. The lowest BCUT2D eigenvalue weighted by Crippen LogP contribution is -2.69. The van der Waals surface area contributed by atoms with E-state index in [1.165, 1.54) is 21.3 Å². The first-order chi connectivity index (χ1) is 7.93. The Bertz CT molecular complexity index is 540. The van der Waals surface area contributed by atoms with Crippen LogP contribution in [0.3, 0.4) is 0 Å². The van der Waals surface area contributed by atoms with E-state index in [0.29, 0.717) is 19.0 Å². The minimum absolute atomic E-state index is 0.232. The molecule has 1 aromatic rings. The number of nitrogens with zero attached hydrogens (tertiary/aromatic N) is 3. The molecule has 1 saturated heterocycles. The van der Waals surface area contributed by atoms with Crippen molar-refractivity contribution in [2.75, 3.05) is 13.1 Å². The van der Waals surface area contributed by atoms with Gasteiger partial charge in [0.1, 0.15) is 0 Å². The molecule has 3 rings (SSSR count). The zero-order valence-corrected chi connectivity index (χ0v) is 10.5. The third kappa shape index (κ3) is 1.61. The molecule has 0 amide bonds. The predicted octanol–water partition coefficient (Wildman–Crippen LogP) is -0.468. The summed E-state index contributed by atoms with van der Waals surface area (Å²) in [6, 6.07) is 1.52. The molecule has 1 aliphatic carbocycles. The fourth-order valence-electron chi connectivity index (χ4n) is 2.44. The lowest BCUT2D eigenvalue weighted by molar-refractivity contribution is 0.134. The number of sulfonamides is 1. The van der Waals surface area contributed by atoms with Crippen LogP contribution in [-0.4, -0.2) is 41.1 Å². The zero-order valence-electron chi connectivity index (χ0n) is 9.70. The number of hydrogen-bond donors (Lipinski definition) is 1. The summed E-state index contributed by atoms with van der Waals surface area (Å²) in [6.45, 7) is 0.871. The van der Waals surface area contributed by atoms with Crippen molar-refractivity contribution in [3.63, 3.8) is 0 Å². The van der Waals surface area contributed by atoms with Crippen molar-refractivity contribution in [2.24, 2.45) is 18.7 Å². The Morgan fingerprint density at radius 1 is 1.47 bits per heavy atom. The second-order valence-corrected chi connectivity index (χ2v) is 6.96. The lowest BCUT2D eigenvalue weighted by atomic mass is 9.88. The Balaban J connectivity index is 1.80. The Labute approximate surface area is 100 Å². The summed E-state index contributed by atoms with van der Waals surface area (Å²) in [4.78, 5) is 0. The Kier molecular flexibility index (Phi) is 2.17. The van der Waals surface area contributed by atoms with E-state index in [-0.39, 0.29) is 10.6 Å². The van der Waals surface area contributed by atoms with Crippen LogP contribution >= 0.6 is 0 Å². The van der Waals surface area contributed by atoms with Gasteiger partial charge in [-0.1, -0.05) is 0 Å². The molecule has 17 heavy (non-hydrogen) atoms. The molecule has 0 radical (unpaired) electrons. The van der Waals surface area contributed by atoms with E-state index < -0.39 is 10.0 Å². The molecule has 1 aliphatic heterocycles. The van der Waals surface area contributed by atoms with Crippen molar-refractivity contribution in [3.8, 4) is 0 Å². The SMILES string of the molecule is Cn1nccc1S(=O)(=O)N1CC(N)(C2CC2)C1. The number of aromatic nitrogens is 2. The average molecular weight is 256 g/mol. The zero-order chi connectivity index (χ0) is 12.3. The van der Waals surface area contributed by atoms with Gasteiger partial charge in [0.25, 0.3) is 10.0 Å². The summed E-state index contributed by atoms with van der Waals surface area (Å²) < 4.78 is 27.3. The van der Waals surface area contributed by atoms with Gasteiger partial charge in [0.05, 0.1) is 6.20 Å². The van der Waals surface area contributed by atoms with Gasteiger partial charge in [0.2, 0.25) is 0 Å². The summed E-state index contributed by atoms with van der Waals surface area (Å²) in [7, 11) is -1.78. The molecular formula is C10H16N4O2S. The maximum atomic E-state index is 12.2. The molecule has 94 valence electrons. The van der Waals surface area contributed by atoms with Crippen LogP contribution in [-0.2, 0) is 17.1 Å². The largest absolute Gasteiger partial charge is 0.323 e. The predicted molar refractivity (Wildman–Crippen MR) is 61.6 cm³/mol. The molecule has 1 aromatic heterocycles. The molecule has 7 heteroatoms. The number of rotatable bonds is 3. The molecule has 2 aliphatic rings. The van der Waals surface area contributed by atoms with E-state index in [2.05, 4.69) is 5.10 Å². The van der Waals surface area contributed by atoms with E-state index in [1.807, 2.05) is 0 Å². The van der Waals surface area contributed by atoms with Crippen LogP contribution in [0.5, 0.6) is 0 Å². The highest BCUT2D eigenvalue weighted by Gasteiger charge is 2.54. The normalized spacial score (nSPS) is 24.6. The van der Waals surface area contributed by atoms with Crippen molar-refractivity contribution in [1.82, 2.24) is 14.1 Å². The highest BCUT2D eigenvalue weighted by Crippen LogP contribution is 2.44. The molecule has 0 spiro atoms. The van der Waals surface area contributed by atoms with E-state index in [1.54, 1.807) is 7.05 Å². The molecule has 0 unspecified atom stereocenters. The van der Waals surface area contributed by atoms with E-state index in [9.17, 15) is 8.42 Å². The van der Waals surface area contributed by atoms with Gasteiger partial charge in [0, 0.05) is 25.7 Å². The second-order valence-electron chi connectivity index (χ2n) is 5.07. The van der Waals surface area contributed by atoms with E-state index >= 15 is 0 Å². The van der Waals surface area contributed by atoms with Crippen molar-refractivity contribution >= 4 is 10.0 Å². The fourth-order valence-corrected chi connectivity index (χ4v) is 4.14. The minimum Gasteiger partial charge on any atom is -0.323 e. The van der Waals surface area contributed by atoms with Gasteiger partial charge in [0.15, 0.2) is 5.03 Å². The molecule has 6 nitrogen and oxygen atoms in total. The van der Waals surface area contributed by atoms with Gasteiger partial charge in [-0.15, -0.1) is 0 Å². The standard InChI is InChI=1S/C10H16N4O2S/c1-13-9(4-5-12-13)17(15,16)14-6-10(11,7-14)8-2-3-8/h4-5,8H,2-3,6-7,11H2,1H3. The molecule has 0 bridgehead atoms. The third-order valence-corrected chi connectivity index (χ3v) is 5.58. The van der Waals surface area contributed by atoms with Crippen LogP contribution in [0.15, 0.2) is 17.3 Å². The van der Waals surface area contributed by atoms with E-state index in [0.717, 1.165) is 12.8 Å². The Morgan fingerprint density at radius 2 is 2.12 bits per heavy atom. The van der Waals surface area contributed by atoms with Gasteiger partial charge in [-0.05, 0) is 24.8 Å². The first kappa shape index (κ1) is 11.2. The highest BCUT2D eigenvalue weighted by atomic mass is 32.2. The molecule has 2 heterocycles. The number of aryl methyl sites for hydroxylation is 1. The quantitative estimate of drug-likeness (QED) is 0.793. The fraction of sp³-hybridized carbons (Fsp3) is 0.700. The molecule has 0 aromatic carbocycles. The van der Waals surface area contributed by atoms with Gasteiger partial charge in [-0.25, -0.2) is 8.42 Å². The molecule has 2 N–H and O–H groups in total. The van der Waals surface area contributed by atoms with Gasteiger partial charge in [-0.2, -0.15) is 9.40 Å². The lowest BCUT2D eigenvalue weighted by Gasteiger charge is -2.46. The van der Waals surface area contributed by atoms with Gasteiger partial charge < -0.3 is 5.73 Å². The smallest absolute Gasteiger partial charge is 0.260 e. The minimum atomic E-state index is -3.41. The van der Waals surface area contributed by atoms with Gasteiger partial charge in [-0.3, -0.25) is 4.68 Å². The molecule has 2 fully saturated rings. The van der Waals surface area contributed by atoms with Crippen molar-refractivity contribution in [1.29, 1.82) is 0 Å². The summed E-state index contributed by atoms with van der Waals surface area (Å²) in [6.07, 6.45) is 3.76. The van der Waals surface area contributed by atoms with Crippen LogP contribution in [0.25, 0.3) is 0 Å². The van der Waals surface area contributed by atoms with Gasteiger partial charge >= 0.3 is 0 Å². The first-order valence-corrected chi connectivity index (χ1v) is 7.14. The number of nitrogens with two attached hydrogens (primary N) is 1. The van der Waals surface area contributed by atoms with Crippen molar-refractivity contribution in [3.05, 3.63) is 12.3 Å². The third-order valence-electron chi connectivity index (χ3n) is 3.71. The van der Waals surface area contributed by atoms with Crippen molar-refractivity contribution < 1.29 is 8.42 Å². The Hall–Kier alpha value is -0.920. The first-order valence-electron chi connectivity index (χ1n) is 5.70. The molecule has 1 saturated carbocycles. The van der Waals surface area contributed by atoms with E-state index in [4.69, 9.17) is 5.73 Å². The summed E-state index contributed by atoms with van der Waals surface area (Å²) >= 11 is 0. The van der Waals surface area contributed by atoms with Crippen LogP contribution in [0, 0.1) is 5.92 Å². The maximum absolute atomic E-state index is 12.2. The molecule has 0 atom stereocenters. The topological polar surface area (TPSA) is 81.2 Å². The second kappa shape index (κ2) is 3.30. The maximum Gasteiger partial charge on any atom is 0.260 e. The van der Waals surface area contributed by atoms with Crippen LogP contribution < -0.4 is 5.73 Å². The average Bonchev–Trinajstić information content (AvgIpc) is 2.97. The highest BCUT2D eigenvalue weighted by molar-refractivity contribution is 7.89. The van der Waals surface area contributed by atoms with Crippen LogP contribution in [0.1, 0.15) is 12.8 Å². The van der Waals surface area contributed by atoms with Crippen molar-refractivity contribution in [2.45, 2.75) is 23.4 Å². The number of hydrogen-bond acceptors (Lipinski definition) is 4. The molecular weight excluding hydrogens is 240 g/mol. The summed E-state index contributed by atoms with van der Waals surface area (Å²) in [5.74, 6) is 0.514. The summed E-state index contributed by atoms with van der Waals surface area (Å²) in [5, 5.41) is 4.12.